The van der Waals surface area contributed by atoms with Crippen LogP contribution in [0.15, 0.2) is 12.2 Å². The Morgan fingerprint density at radius 3 is 2.38 bits per heavy atom. The molecule has 1 saturated carbocycles. The van der Waals surface area contributed by atoms with Crippen LogP contribution in [0, 0.1) is 0 Å². The topological polar surface area (TPSA) is 35.2 Å². The average Bonchev–Trinajstić information content (AvgIpc) is 2.42. The largest absolute Gasteiger partial charge is 0.374 e. The molecule has 0 heterocycles. The van der Waals surface area contributed by atoms with Crippen LogP contribution in [0.25, 0.3) is 0 Å². The van der Waals surface area contributed by atoms with Crippen molar-refractivity contribution in [2.75, 3.05) is 13.2 Å². The third-order valence-electron chi connectivity index (χ3n) is 2.61. The molecule has 0 unspecified atom stereocenters. The summed E-state index contributed by atoms with van der Waals surface area (Å²) in [6, 6.07) is 0. The van der Waals surface area contributed by atoms with Crippen molar-refractivity contribution in [3.8, 4) is 0 Å². The molecule has 2 N–H and O–H groups in total. The molecule has 1 aliphatic carbocycles. The Bertz CT molecular complexity index is 148. The highest BCUT2D eigenvalue weighted by Crippen LogP contribution is 2.19. The molecule has 1 fully saturated rings. The van der Waals surface area contributed by atoms with Gasteiger partial charge in [0.2, 0.25) is 0 Å². The van der Waals surface area contributed by atoms with E-state index in [0.29, 0.717) is 19.3 Å². The summed E-state index contributed by atoms with van der Waals surface area (Å²) in [7, 11) is 0. The molecule has 0 aromatic heterocycles. The normalized spacial score (nSPS) is 19.8. The van der Waals surface area contributed by atoms with Crippen molar-refractivity contribution < 1.29 is 4.74 Å². The van der Waals surface area contributed by atoms with E-state index in [0.717, 1.165) is 5.57 Å². The van der Waals surface area contributed by atoms with Crippen LogP contribution < -0.4 is 5.73 Å². The van der Waals surface area contributed by atoms with E-state index in [9.17, 15) is 0 Å². The Labute approximate surface area is 81.1 Å². The highest BCUT2D eigenvalue weighted by Gasteiger charge is 2.12. The first-order valence-electron chi connectivity index (χ1n) is 5.31. The van der Waals surface area contributed by atoms with Gasteiger partial charge in [0.1, 0.15) is 0 Å². The van der Waals surface area contributed by atoms with Gasteiger partial charge < -0.3 is 10.5 Å². The number of ether oxygens (including phenoxy) is 1. The molecule has 0 amide bonds. The van der Waals surface area contributed by atoms with E-state index in [1.54, 1.807) is 0 Å². The number of rotatable bonds is 4. The third-order valence-corrected chi connectivity index (χ3v) is 2.61. The summed E-state index contributed by atoms with van der Waals surface area (Å²) in [4.78, 5) is 0. The predicted molar refractivity (Wildman–Crippen MR) is 55.6 cm³/mol. The van der Waals surface area contributed by atoms with Crippen molar-refractivity contribution in [1.29, 1.82) is 0 Å². The van der Waals surface area contributed by atoms with Crippen molar-refractivity contribution >= 4 is 0 Å². The van der Waals surface area contributed by atoms with E-state index in [-0.39, 0.29) is 0 Å². The monoisotopic (exact) mass is 183 g/mol. The molecule has 1 aliphatic rings. The fraction of sp³-hybridized carbons (Fsp3) is 0.818. The smallest absolute Gasteiger partial charge is 0.0690 e. The summed E-state index contributed by atoms with van der Waals surface area (Å²) in [5.41, 5.74) is 6.44. The molecular formula is C11H21NO. The second-order valence-electron chi connectivity index (χ2n) is 3.88. The number of hydrogen-bond donors (Lipinski definition) is 1. The lowest BCUT2D eigenvalue weighted by atomic mass is 10.1. The van der Waals surface area contributed by atoms with Gasteiger partial charge in [0, 0.05) is 6.54 Å². The quantitative estimate of drug-likeness (QED) is 0.536. The van der Waals surface area contributed by atoms with E-state index in [1.165, 1.54) is 38.5 Å². The summed E-state index contributed by atoms with van der Waals surface area (Å²) in [5, 5.41) is 0. The predicted octanol–water partition coefficient (Wildman–Crippen LogP) is 2.24. The van der Waals surface area contributed by atoms with Crippen molar-refractivity contribution in [2.24, 2.45) is 5.73 Å². The second-order valence-corrected chi connectivity index (χ2v) is 3.88. The standard InChI is InChI=1S/C11H21NO/c1-10(8-12)9-13-11-6-4-2-3-5-7-11/h11H,1-9,12H2. The zero-order chi connectivity index (χ0) is 9.52. The van der Waals surface area contributed by atoms with Gasteiger partial charge in [-0.15, -0.1) is 0 Å². The van der Waals surface area contributed by atoms with E-state index in [4.69, 9.17) is 10.5 Å². The first-order chi connectivity index (χ1) is 6.33. The Hall–Kier alpha value is -0.340. The van der Waals surface area contributed by atoms with Crippen LogP contribution in [0.1, 0.15) is 38.5 Å². The molecule has 0 aliphatic heterocycles. The Balaban J connectivity index is 2.15. The number of nitrogens with two attached hydrogens (primary N) is 1. The van der Waals surface area contributed by atoms with E-state index in [1.807, 2.05) is 0 Å². The Kier molecular flexibility index (Phi) is 5.09. The van der Waals surface area contributed by atoms with Gasteiger partial charge in [-0.25, -0.2) is 0 Å². The van der Waals surface area contributed by atoms with E-state index >= 15 is 0 Å². The van der Waals surface area contributed by atoms with Crippen LogP contribution in [0.2, 0.25) is 0 Å². The lowest BCUT2D eigenvalue weighted by molar-refractivity contribution is 0.0586. The first-order valence-corrected chi connectivity index (χ1v) is 5.31. The molecule has 0 aromatic carbocycles. The fourth-order valence-electron chi connectivity index (χ4n) is 1.70. The molecule has 13 heavy (non-hydrogen) atoms. The zero-order valence-electron chi connectivity index (χ0n) is 8.43. The number of hydrogen-bond acceptors (Lipinski definition) is 2. The van der Waals surface area contributed by atoms with Gasteiger partial charge in [-0.2, -0.15) is 0 Å². The third kappa shape index (κ3) is 4.44. The van der Waals surface area contributed by atoms with Crippen LogP contribution in [0.4, 0.5) is 0 Å². The maximum absolute atomic E-state index is 5.74. The molecule has 0 saturated heterocycles. The summed E-state index contributed by atoms with van der Waals surface area (Å²) in [5.74, 6) is 0. The molecule has 1 rings (SSSR count). The van der Waals surface area contributed by atoms with Crippen LogP contribution in [0.5, 0.6) is 0 Å². The fourth-order valence-corrected chi connectivity index (χ4v) is 1.70. The van der Waals surface area contributed by atoms with Gasteiger partial charge in [-0.3, -0.25) is 0 Å². The molecule has 0 spiro atoms. The highest BCUT2D eigenvalue weighted by molar-refractivity contribution is 4.95. The maximum atomic E-state index is 5.74. The summed E-state index contributed by atoms with van der Waals surface area (Å²) in [6.07, 6.45) is 8.29. The van der Waals surface area contributed by atoms with Gasteiger partial charge in [0.15, 0.2) is 0 Å². The summed E-state index contributed by atoms with van der Waals surface area (Å²) < 4.78 is 5.74. The molecule has 76 valence electrons. The lowest BCUT2D eigenvalue weighted by Gasteiger charge is -2.15. The maximum Gasteiger partial charge on any atom is 0.0690 e. The second kappa shape index (κ2) is 6.17. The Morgan fingerprint density at radius 2 is 1.85 bits per heavy atom. The minimum absolute atomic E-state index is 0.464. The molecular weight excluding hydrogens is 162 g/mol. The van der Waals surface area contributed by atoms with Gasteiger partial charge in [0.05, 0.1) is 12.7 Å². The van der Waals surface area contributed by atoms with Crippen molar-refractivity contribution in [3.05, 3.63) is 12.2 Å². The molecule has 0 atom stereocenters. The van der Waals surface area contributed by atoms with Gasteiger partial charge in [0.25, 0.3) is 0 Å². The Morgan fingerprint density at radius 1 is 1.23 bits per heavy atom. The van der Waals surface area contributed by atoms with Gasteiger partial charge >= 0.3 is 0 Å². The lowest BCUT2D eigenvalue weighted by Crippen LogP contribution is -2.16. The minimum Gasteiger partial charge on any atom is -0.374 e. The molecule has 2 nitrogen and oxygen atoms in total. The van der Waals surface area contributed by atoms with E-state index in [2.05, 4.69) is 6.58 Å². The zero-order valence-corrected chi connectivity index (χ0v) is 8.43. The molecule has 2 heteroatoms. The SMILES string of the molecule is C=C(CN)COC1CCCCCC1. The van der Waals surface area contributed by atoms with Gasteiger partial charge in [-0.1, -0.05) is 32.3 Å². The molecule has 0 aromatic rings. The van der Waals surface area contributed by atoms with Gasteiger partial charge in [-0.05, 0) is 18.4 Å². The van der Waals surface area contributed by atoms with E-state index < -0.39 is 0 Å². The van der Waals surface area contributed by atoms with Crippen LogP contribution in [0.3, 0.4) is 0 Å². The summed E-state index contributed by atoms with van der Waals surface area (Å²) >= 11 is 0. The first kappa shape index (κ1) is 10.7. The average molecular weight is 183 g/mol. The van der Waals surface area contributed by atoms with Crippen molar-refractivity contribution in [1.82, 2.24) is 0 Å². The van der Waals surface area contributed by atoms with Crippen LogP contribution in [-0.2, 0) is 4.74 Å². The van der Waals surface area contributed by atoms with Crippen LogP contribution >= 0.6 is 0 Å². The summed E-state index contributed by atoms with van der Waals surface area (Å²) in [6.45, 7) is 5.03. The minimum atomic E-state index is 0.464. The van der Waals surface area contributed by atoms with Crippen molar-refractivity contribution in [3.63, 3.8) is 0 Å². The van der Waals surface area contributed by atoms with Crippen molar-refractivity contribution in [2.45, 2.75) is 44.6 Å². The highest BCUT2D eigenvalue weighted by atomic mass is 16.5. The molecule has 0 radical (unpaired) electrons. The molecule has 0 bridgehead atoms. The van der Waals surface area contributed by atoms with Crippen LogP contribution in [-0.4, -0.2) is 19.3 Å².